The number of nitrogens with one attached hydrogen (secondary N) is 1. The van der Waals surface area contributed by atoms with Crippen molar-refractivity contribution in [2.75, 3.05) is 6.54 Å². The van der Waals surface area contributed by atoms with E-state index in [0.29, 0.717) is 11.4 Å². The Hall–Kier alpha value is -1.65. The van der Waals surface area contributed by atoms with Gasteiger partial charge in [0.25, 0.3) is 0 Å². The van der Waals surface area contributed by atoms with Gasteiger partial charge in [0.05, 0.1) is 4.90 Å². The summed E-state index contributed by atoms with van der Waals surface area (Å²) in [5.74, 6) is 0. The molecule has 2 aromatic rings. The van der Waals surface area contributed by atoms with Crippen LogP contribution in [0.3, 0.4) is 0 Å². The normalized spacial score (nSPS) is 11.5. The van der Waals surface area contributed by atoms with Gasteiger partial charge in [-0.1, -0.05) is 48.0 Å². The molecule has 0 aromatic heterocycles. The van der Waals surface area contributed by atoms with Crippen molar-refractivity contribution in [3.8, 4) is 0 Å². The van der Waals surface area contributed by atoms with Crippen molar-refractivity contribution in [3.05, 3.63) is 65.2 Å². The molecule has 0 aliphatic heterocycles. The molecule has 0 unspecified atom stereocenters. The van der Waals surface area contributed by atoms with E-state index in [0.717, 1.165) is 30.4 Å². The van der Waals surface area contributed by atoms with E-state index in [1.54, 1.807) is 6.07 Å². The van der Waals surface area contributed by atoms with Gasteiger partial charge in [-0.15, -0.1) is 0 Å². The van der Waals surface area contributed by atoms with E-state index in [4.69, 9.17) is 0 Å². The van der Waals surface area contributed by atoms with Crippen LogP contribution in [0.4, 0.5) is 0 Å². The summed E-state index contributed by atoms with van der Waals surface area (Å²) < 4.78 is 27.3. The smallest absolute Gasteiger partial charge is 0.211 e. The molecule has 0 saturated heterocycles. The summed E-state index contributed by atoms with van der Waals surface area (Å²) in [7, 11) is -3.40. The van der Waals surface area contributed by atoms with Crippen molar-refractivity contribution in [2.24, 2.45) is 0 Å². The van der Waals surface area contributed by atoms with Crippen LogP contribution in [0, 0.1) is 13.8 Å². The highest BCUT2D eigenvalue weighted by molar-refractivity contribution is 7.89. The number of hydrogen-bond donors (Lipinski definition) is 1. The summed E-state index contributed by atoms with van der Waals surface area (Å²) in [5, 5.41) is 0. The van der Waals surface area contributed by atoms with Gasteiger partial charge in [0.1, 0.15) is 0 Å². The Morgan fingerprint density at radius 3 is 2.36 bits per heavy atom. The van der Waals surface area contributed by atoms with E-state index in [2.05, 4.69) is 16.9 Å². The zero-order chi connectivity index (χ0) is 16.0. The van der Waals surface area contributed by atoms with E-state index in [1.165, 1.54) is 5.56 Å². The van der Waals surface area contributed by atoms with Crippen LogP contribution in [-0.2, 0) is 16.4 Å². The molecule has 2 aromatic carbocycles. The largest absolute Gasteiger partial charge is 0.240 e. The molecule has 0 atom stereocenters. The standard InChI is InChI=1S/C18H23NO2S/c1-15-11-12-18(16(2)14-15)22(20,21)19-13-7-6-10-17-8-4-3-5-9-17/h3-5,8-9,11-12,14,19H,6-7,10,13H2,1-2H3. The minimum absolute atomic E-state index is 0.376. The molecule has 1 N–H and O–H groups in total. The number of hydrogen-bond acceptors (Lipinski definition) is 2. The van der Waals surface area contributed by atoms with Gasteiger partial charge in [-0.25, -0.2) is 13.1 Å². The van der Waals surface area contributed by atoms with Gasteiger partial charge in [0.15, 0.2) is 0 Å². The minimum atomic E-state index is -3.40. The Labute approximate surface area is 133 Å². The van der Waals surface area contributed by atoms with Gasteiger partial charge >= 0.3 is 0 Å². The van der Waals surface area contributed by atoms with Crippen LogP contribution in [0.2, 0.25) is 0 Å². The van der Waals surface area contributed by atoms with Crippen LogP contribution in [0.1, 0.15) is 29.5 Å². The predicted molar refractivity (Wildman–Crippen MR) is 90.5 cm³/mol. The number of aryl methyl sites for hydroxylation is 3. The second kappa shape index (κ2) is 7.56. The number of sulfonamides is 1. The summed E-state index contributed by atoms with van der Waals surface area (Å²) in [4.78, 5) is 0.376. The highest BCUT2D eigenvalue weighted by Crippen LogP contribution is 2.16. The fourth-order valence-corrected chi connectivity index (χ4v) is 3.78. The average molecular weight is 317 g/mol. The summed E-state index contributed by atoms with van der Waals surface area (Å²) in [6.45, 7) is 4.26. The first-order valence-electron chi connectivity index (χ1n) is 7.60. The van der Waals surface area contributed by atoms with Gasteiger partial charge in [-0.2, -0.15) is 0 Å². The lowest BCUT2D eigenvalue weighted by Gasteiger charge is -2.10. The molecule has 118 valence electrons. The molecule has 0 bridgehead atoms. The van der Waals surface area contributed by atoms with Crippen LogP contribution in [0.15, 0.2) is 53.4 Å². The molecule has 0 heterocycles. The minimum Gasteiger partial charge on any atom is -0.211 e. The summed E-state index contributed by atoms with van der Waals surface area (Å²) in [6.07, 6.45) is 2.78. The predicted octanol–water partition coefficient (Wildman–Crippen LogP) is 3.60. The maximum atomic E-state index is 12.3. The summed E-state index contributed by atoms with van der Waals surface area (Å²) in [6, 6.07) is 15.6. The lowest BCUT2D eigenvalue weighted by molar-refractivity contribution is 0.576. The molecule has 3 nitrogen and oxygen atoms in total. The van der Waals surface area contributed by atoms with Crippen molar-refractivity contribution in [1.82, 2.24) is 4.72 Å². The zero-order valence-corrected chi connectivity index (χ0v) is 14.0. The van der Waals surface area contributed by atoms with Gasteiger partial charge in [0.2, 0.25) is 10.0 Å². The molecule has 0 saturated carbocycles. The molecule has 0 aliphatic carbocycles. The molecule has 0 aliphatic rings. The van der Waals surface area contributed by atoms with Gasteiger partial charge in [0, 0.05) is 6.54 Å². The SMILES string of the molecule is Cc1ccc(S(=O)(=O)NCCCCc2ccccc2)c(C)c1. The Bertz CT molecular complexity index is 709. The molecular weight excluding hydrogens is 294 g/mol. The molecule has 22 heavy (non-hydrogen) atoms. The molecule has 0 amide bonds. The summed E-state index contributed by atoms with van der Waals surface area (Å²) in [5.41, 5.74) is 3.15. The lowest BCUT2D eigenvalue weighted by Crippen LogP contribution is -2.25. The van der Waals surface area contributed by atoms with E-state index in [9.17, 15) is 8.42 Å². The lowest BCUT2D eigenvalue weighted by atomic mass is 10.1. The van der Waals surface area contributed by atoms with E-state index in [-0.39, 0.29) is 0 Å². The van der Waals surface area contributed by atoms with Crippen LogP contribution >= 0.6 is 0 Å². The topological polar surface area (TPSA) is 46.2 Å². The molecule has 0 radical (unpaired) electrons. The average Bonchev–Trinajstić information content (AvgIpc) is 2.47. The van der Waals surface area contributed by atoms with Gasteiger partial charge in [-0.3, -0.25) is 0 Å². The Morgan fingerprint density at radius 2 is 1.68 bits per heavy atom. The maximum absolute atomic E-state index is 12.3. The van der Waals surface area contributed by atoms with Crippen LogP contribution in [0.5, 0.6) is 0 Å². The van der Waals surface area contributed by atoms with Gasteiger partial charge in [-0.05, 0) is 50.3 Å². The number of unbranched alkanes of at least 4 members (excludes halogenated alkanes) is 1. The van der Waals surface area contributed by atoms with Crippen LogP contribution in [0.25, 0.3) is 0 Å². The van der Waals surface area contributed by atoms with Crippen molar-refractivity contribution in [1.29, 1.82) is 0 Å². The number of rotatable bonds is 7. The first-order valence-corrected chi connectivity index (χ1v) is 9.08. The van der Waals surface area contributed by atoms with Crippen LogP contribution in [-0.4, -0.2) is 15.0 Å². The third-order valence-corrected chi connectivity index (χ3v) is 5.27. The van der Waals surface area contributed by atoms with Crippen molar-refractivity contribution in [3.63, 3.8) is 0 Å². The highest BCUT2D eigenvalue weighted by Gasteiger charge is 2.15. The molecule has 2 rings (SSSR count). The Balaban J connectivity index is 1.83. The number of benzene rings is 2. The third kappa shape index (κ3) is 4.68. The Morgan fingerprint density at radius 1 is 0.955 bits per heavy atom. The van der Waals surface area contributed by atoms with Crippen molar-refractivity contribution < 1.29 is 8.42 Å². The third-order valence-electron chi connectivity index (χ3n) is 3.65. The van der Waals surface area contributed by atoms with Gasteiger partial charge < -0.3 is 0 Å². The van der Waals surface area contributed by atoms with Crippen molar-refractivity contribution in [2.45, 2.75) is 38.0 Å². The Kier molecular flexibility index (Phi) is 5.75. The molecular formula is C18H23NO2S. The van der Waals surface area contributed by atoms with E-state index < -0.39 is 10.0 Å². The second-order valence-corrected chi connectivity index (χ2v) is 7.34. The molecule has 0 fully saturated rings. The summed E-state index contributed by atoms with van der Waals surface area (Å²) >= 11 is 0. The molecule has 4 heteroatoms. The monoisotopic (exact) mass is 317 g/mol. The maximum Gasteiger partial charge on any atom is 0.240 e. The van der Waals surface area contributed by atoms with E-state index in [1.807, 2.05) is 44.2 Å². The fourth-order valence-electron chi connectivity index (χ4n) is 2.48. The fraction of sp³-hybridized carbons (Fsp3) is 0.333. The first-order chi connectivity index (χ1) is 10.5. The van der Waals surface area contributed by atoms with E-state index >= 15 is 0 Å². The highest BCUT2D eigenvalue weighted by atomic mass is 32.2. The van der Waals surface area contributed by atoms with Crippen LogP contribution < -0.4 is 4.72 Å². The van der Waals surface area contributed by atoms with Crippen molar-refractivity contribution >= 4 is 10.0 Å². The second-order valence-electron chi connectivity index (χ2n) is 5.61. The molecule has 0 spiro atoms. The first kappa shape index (κ1) is 16.7. The quantitative estimate of drug-likeness (QED) is 0.793. The zero-order valence-electron chi connectivity index (χ0n) is 13.2.